The molecule has 1 aliphatic heterocycles. The first-order valence-electron chi connectivity index (χ1n) is 10.2. The fraction of sp³-hybridized carbons (Fsp3) is 0.304. The third kappa shape index (κ3) is 4.62. The molecule has 3 N–H and O–H groups in total. The van der Waals surface area contributed by atoms with Crippen molar-refractivity contribution in [1.29, 1.82) is 0 Å². The number of carboxylic acid groups (broad SMARTS) is 1. The third-order valence-corrected chi connectivity index (χ3v) is 5.24. The molecule has 1 aliphatic rings. The Balaban J connectivity index is 1.65. The first-order chi connectivity index (χ1) is 15.3. The number of ether oxygens (including phenoxy) is 2. The minimum absolute atomic E-state index is 0.118. The Kier molecular flexibility index (Phi) is 5.91. The summed E-state index contributed by atoms with van der Waals surface area (Å²) < 4.78 is 14.0. The van der Waals surface area contributed by atoms with Crippen LogP contribution in [0.1, 0.15) is 22.9 Å². The van der Waals surface area contributed by atoms with Crippen LogP contribution >= 0.6 is 0 Å². The van der Waals surface area contributed by atoms with Gasteiger partial charge in [0.1, 0.15) is 6.04 Å². The number of benzene rings is 2. The lowest BCUT2D eigenvalue weighted by atomic mass is 10.1. The van der Waals surface area contributed by atoms with Crippen molar-refractivity contribution in [2.45, 2.75) is 25.2 Å². The highest BCUT2D eigenvalue weighted by Gasteiger charge is 2.35. The van der Waals surface area contributed by atoms with Crippen molar-refractivity contribution in [3.8, 4) is 23.0 Å². The number of likely N-dealkylation sites (N-methyl/N-ethyl adjacent to an activating group) is 1. The molecule has 0 saturated carbocycles. The summed E-state index contributed by atoms with van der Waals surface area (Å²) in [5, 5.41) is 28.9. The zero-order chi connectivity index (χ0) is 22.8. The van der Waals surface area contributed by atoms with Crippen LogP contribution < -0.4 is 9.47 Å². The number of phenolic OH excluding ortho intramolecular Hbond substituents is 2. The van der Waals surface area contributed by atoms with E-state index in [4.69, 9.17) is 14.6 Å². The van der Waals surface area contributed by atoms with Gasteiger partial charge in [-0.1, -0.05) is 12.1 Å². The van der Waals surface area contributed by atoms with E-state index < -0.39 is 18.3 Å². The van der Waals surface area contributed by atoms with Crippen molar-refractivity contribution in [2.75, 3.05) is 20.6 Å². The number of carboxylic acids is 1. The summed E-state index contributed by atoms with van der Waals surface area (Å²) in [5.74, 6) is -0.444. The Morgan fingerprint density at radius 2 is 1.91 bits per heavy atom. The van der Waals surface area contributed by atoms with Crippen molar-refractivity contribution in [3.05, 3.63) is 65.7 Å². The van der Waals surface area contributed by atoms with E-state index in [9.17, 15) is 15.0 Å². The molecule has 1 aromatic heterocycles. The highest BCUT2D eigenvalue weighted by atomic mass is 16.7. The molecular weight excluding hydrogens is 414 g/mol. The second-order valence-electron chi connectivity index (χ2n) is 8.01. The molecular formula is C23H25N3O6. The first kappa shape index (κ1) is 21.5. The Hall–Kier alpha value is -3.72. The molecule has 168 valence electrons. The van der Waals surface area contributed by atoms with Gasteiger partial charge >= 0.3 is 5.97 Å². The van der Waals surface area contributed by atoms with E-state index in [1.807, 2.05) is 24.9 Å². The molecule has 2 aromatic carbocycles. The maximum atomic E-state index is 11.0. The van der Waals surface area contributed by atoms with Crippen LogP contribution in [0.15, 0.2) is 48.9 Å². The zero-order valence-electron chi connectivity index (χ0n) is 17.8. The van der Waals surface area contributed by atoms with Gasteiger partial charge in [-0.15, -0.1) is 0 Å². The van der Waals surface area contributed by atoms with E-state index in [1.165, 1.54) is 12.1 Å². The molecule has 9 heteroatoms. The SMILES string of the molecule is CN(C)CCc1cn(C(c2ccc(O)c(O)c2)C2Oc3ccc(CC(=O)O)cc3O2)cn1. The summed E-state index contributed by atoms with van der Waals surface area (Å²) in [6.07, 6.45) is 3.45. The van der Waals surface area contributed by atoms with Gasteiger partial charge in [0.05, 0.1) is 18.4 Å². The van der Waals surface area contributed by atoms with Gasteiger partial charge in [0, 0.05) is 19.2 Å². The molecule has 0 radical (unpaired) electrons. The van der Waals surface area contributed by atoms with Crippen LogP contribution in [0.3, 0.4) is 0 Å². The van der Waals surface area contributed by atoms with Gasteiger partial charge in [-0.05, 0) is 49.5 Å². The van der Waals surface area contributed by atoms with Crippen molar-refractivity contribution < 1.29 is 29.6 Å². The zero-order valence-corrected chi connectivity index (χ0v) is 17.8. The normalized spacial score (nSPS) is 15.8. The Bertz CT molecular complexity index is 1130. The maximum Gasteiger partial charge on any atom is 0.307 e. The lowest BCUT2D eigenvalue weighted by Crippen LogP contribution is -2.31. The van der Waals surface area contributed by atoms with Crippen LogP contribution in [0.25, 0.3) is 0 Å². The van der Waals surface area contributed by atoms with Gasteiger partial charge in [-0.25, -0.2) is 4.98 Å². The van der Waals surface area contributed by atoms with Crippen molar-refractivity contribution in [3.63, 3.8) is 0 Å². The predicted molar refractivity (Wildman–Crippen MR) is 115 cm³/mol. The van der Waals surface area contributed by atoms with Gasteiger partial charge in [0.15, 0.2) is 23.0 Å². The van der Waals surface area contributed by atoms with Crippen LogP contribution in [0.5, 0.6) is 23.0 Å². The fourth-order valence-corrected chi connectivity index (χ4v) is 3.62. The lowest BCUT2D eigenvalue weighted by Gasteiger charge is -2.24. The molecule has 3 aromatic rings. The summed E-state index contributed by atoms with van der Waals surface area (Å²) in [7, 11) is 3.99. The average molecular weight is 439 g/mol. The molecule has 4 rings (SSSR count). The Morgan fingerprint density at radius 3 is 2.62 bits per heavy atom. The second-order valence-corrected chi connectivity index (χ2v) is 8.01. The molecule has 0 bridgehead atoms. The van der Waals surface area contributed by atoms with Crippen LogP contribution in [0.2, 0.25) is 0 Å². The van der Waals surface area contributed by atoms with Gasteiger partial charge in [-0.2, -0.15) is 0 Å². The summed E-state index contributed by atoms with van der Waals surface area (Å²) in [6.45, 7) is 0.843. The first-order valence-corrected chi connectivity index (χ1v) is 10.2. The second kappa shape index (κ2) is 8.80. The number of aliphatic carboxylic acids is 1. The lowest BCUT2D eigenvalue weighted by molar-refractivity contribution is -0.136. The summed E-state index contributed by atoms with van der Waals surface area (Å²) >= 11 is 0. The monoisotopic (exact) mass is 439 g/mol. The summed E-state index contributed by atoms with van der Waals surface area (Å²) in [6, 6.07) is 9.08. The van der Waals surface area contributed by atoms with Crippen LogP contribution in [0.4, 0.5) is 0 Å². The molecule has 9 nitrogen and oxygen atoms in total. The molecule has 2 atom stereocenters. The maximum absolute atomic E-state index is 11.0. The summed E-state index contributed by atoms with van der Waals surface area (Å²) in [5.41, 5.74) is 2.15. The molecule has 0 fully saturated rings. The highest BCUT2D eigenvalue weighted by Crippen LogP contribution is 2.41. The number of imidazole rings is 1. The van der Waals surface area contributed by atoms with Gasteiger partial charge < -0.3 is 34.3 Å². The smallest absolute Gasteiger partial charge is 0.307 e. The number of rotatable bonds is 8. The third-order valence-electron chi connectivity index (χ3n) is 5.24. The van der Waals surface area contributed by atoms with E-state index in [-0.39, 0.29) is 17.9 Å². The molecule has 0 spiro atoms. The number of aromatic hydroxyl groups is 2. The van der Waals surface area contributed by atoms with Gasteiger partial charge in [0.2, 0.25) is 0 Å². The molecule has 2 heterocycles. The molecule has 0 amide bonds. The average Bonchev–Trinajstić information content (AvgIpc) is 3.35. The minimum atomic E-state index is -0.929. The van der Waals surface area contributed by atoms with E-state index >= 15 is 0 Å². The molecule has 2 unspecified atom stereocenters. The topological polar surface area (TPSA) is 117 Å². The van der Waals surface area contributed by atoms with Crippen LogP contribution in [-0.2, 0) is 17.6 Å². The van der Waals surface area contributed by atoms with Gasteiger partial charge in [0.25, 0.3) is 6.29 Å². The van der Waals surface area contributed by atoms with E-state index in [0.29, 0.717) is 22.6 Å². The molecule has 0 aliphatic carbocycles. The Morgan fingerprint density at radius 1 is 1.12 bits per heavy atom. The predicted octanol–water partition coefficient (Wildman–Crippen LogP) is 2.41. The number of nitrogens with zero attached hydrogens (tertiary/aromatic N) is 3. The largest absolute Gasteiger partial charge is 0.504 e. The number of phenols is 2. The van der Waals surface area contributed by atoms with Crippen LogP contribution in [-0.4, -0.2) is 62.7 Å². The molecule has 0 saturated heterocycles. The van der Waals surface area contributed by atoms with E-state index in [2.05, 4.69) is 9.88 Å². The number of aromatic nitrogens is 2. The van der Waals surface area contributed by atoms with Crippen LogP contribution in [0, 0.1) is 0 Å². The van der Waals surface area contributed by atoms with Crippen molar-refractivity contribution in [2.24, 2.45) is 0 Å². The number of fused-ring (bicyclic) bond motifs is 1. The quantitative estimate of drug-likeness (QED) is 0.458. The molecule has 32 heavy (non-hydrogen) atoms. The summed E-state index contributed by atoms with van der Waals surface area (Å²) in [4.78, 5) is 17.6. The van der Waals surface area contributed by atoms with Crippen molar-refractivity contribution in [1.82, 2.24) is 14.5 Å². The highest BCUT2D eigenvalue weighted by molar-refractivity contribution is 5.70. The number of carbonyl (C=O) groups is 1. The van der Waals surface area contributed by atoms with E-state index in [0.717, 1.165) is 18.7 Å². The minimum Gasteiger partial charge on any atom is -0.504 e. The number of hydrogen-bond donors (Lipinski definition) is 3. The Labute approximate surface area is 185 Å². The standard InChI is InChI=1S/C23H25N3O6/c1-25(2)8-7-16-12-26(13-24-16)22(15-4-5-17(27)18(28)11-15)23-31-19-6-3-14(10-21(29)30)9-20(19)32-23/h3-6,9,11-13,22-23,27-28H,7-8,10H2,1-2H3,(H,29,30). The fourth-order valence-electron chi connectivity index (χ4n) is 3.62. The van der Waals surface area contributed by atoms with Crippen molar-refractivity contribution >= 4 is 5.97 Å². The van der Waals surface area contributed by atoms with Gasteiger partial charge in [-0.3, -0.25) is 4.79 Å². The van der Waals surface area contributed by atoms with E-state index in [1.54, 1.807) is 30.6 Å². The number of hydrogen-bond acceptors (Lipinski definition) is 7.